The molecular formula is C11H7ClF3N. The van der Waals surface area contributed by atoms with E-state index in [1.807, 2.05) is 0 Å². The molecule has 0 bridgehead atoms. The fraction of sp³-hybridized carbons (Fsp3) is 0.0909. The fourth-order valence-corrected chi connectivity index (χ4v) is 1.66. The van der Waals surface area contributed by atoms with Gasteiger partial charge in [0.05, 0.1) is 10.7 Å². The molecule has 1 nitrogen and oxygen atoms in total. The summed E-state index contributed by atoms with van der Waals surface area (Å²) < 4.78 is 37.2. The number of H-pyrrole nitrogens is 1. The van der Waals surface area contributed by atoms with Crippen LogP contribution in [0.3, 0.4) is 0 Å². The Bertz CT molecular complexity index is 488. The summed E-state index contributed by atoms with van der Waals surface area (Å²) in [6.07, 6.45) is -4.41. The number of benzene rings is 1. The summed E-state index contributed by atoms with van der Waals surface area (Å²) in [5.41, 5.74) is 0.0777. The Morgan fingerprint density at radius 1 is 1.06 bits per heavy atom. The maximum atomic E-state index is 12.4. The predicted octanol–water partition coefficient (Wildman–Crippen LogP) is 4.35. The van der Waals surface area contributed by atoms with Crippen molar-refractivity contribution in [1.29, 1.82) is 0 Å². The lowest BCUT2D eigenvalue weighted by Crippen LogP contribution is -2.04. The zero-order chi connectivity index (χ0) is 11.8. The molecular weight excluding hydrogens is 239 g/mol. The number of hydrogen-bond donors (Lipinski definition) is 1. The van der Waals surface area contributed by atoms with Gasteiger partial charge in [0.15, 0.2) is 0 Å². The molecule has 0 spiro atoms. The third-order valence-corrected chi connectivity index (χ3v) is 2.44. The van der Waals surface area contributed by atoms with Crippen molar-refractivity contribution in [3.63, 3.8) is 0 Å². The molecule has 0 fully saturated rings. The van der Waals surface area contributed by atoms with Gasteiger partial charge in [-0.05, 0) is 11.6 Å². The van der Waals surface area contributed by atoms with E-state index in [9.17, 15) is 13.2 Å². The topological polar surface area (TPSA) is 15.8 Å². The van der Waals surface area contributed by atoms with Crippen molar-refractivity contribution in [2.45, 2.75) is 6.18 Å². The average Bonchev–Trinajstić information content (AvgIpc) is 2.61. The van der Waals surface area contributed by atoms with Crippen LogP contribution in [0, 0.1) is 0 Å². The molecule has 5 heteroatoms. The summed E-state index contributed by atoms with van der Waals surface area (Å²) in [7, 11) is 0. The van der Waals surface area contributed by atoms with Crippen molar-refractivity contribution in [2.24, 2.45) is 0 Å². The molecule has 2 rings (SSSR count). The van der Waals surface area contributed by atoms with Crippen molar-refractivity contribution in [1.82, 2.24) is 4.98 Å². The highest BCUT2D eigenvalue weighted by molar-refractivity contribution is 6.33. The van der Waals surface area contributed by atoms with Crippen LogP contribution in [0.2, 0.25) is 5.02 Å². The minimum Gasteiger partial charge on any atom is -0.350 e. The lowest BCUT2D eigenvalue weighted by Gasteiger charge is -2.02. The zero-order valence-electron chi connectivity index (χ0n) is 7.98. The van der Waals surface area contributed by atoms with Gasteiger partial charge >= 0.3 is 6.18 Å². The van der Waals surface area contributed by atoms with Gasteiger partial charge in [-0.3, -0.25) is 0 Å². The van der Waals surface area contributed by atoms with Gasteiger partial charge in [0.1, 0.15) is 5.69 Å². The Morgan fingerprint density at radius 2 is 1.69 bits per heavy atom. The van der Waals surface area contributed by atoms with Gasteiger partial charge in [0.2, 0.25) is 0 Å². The summed E-state index contributed by atoms with van der Waals surface area (Å²) in [5.74, 6) is 0. The van der Waals surface area contributed by atoms with Gasteiger partial charge in [-0.2, -0.15) is 13.2 Å². The zero-order valence-corrected chi connectivity index (χ0v) is 8.73. The van der Waals surface area contributed by atoms with Crippen LogP contribution in [0.1, 0.15) is 5.69 Å². The van der Waals surface area contributed by atoms with Crippen LogP contribution in [0.4, 0.5) is 13.2 Å². The minimum absolute atomic E-state index is 0.0681. The van der Waals surface area contributed by atoms with Crippen LogP contribution in [0.5, 0.6) is 0 Å². The number of alkyl halides is 3. The highest BCUT2D eigenvalue weighted by Gasteiger charge is 2.33. The van der Waals surface area contributed by atoms with Crippen molar-refractivity contribution >= 4 is 11.6 Å². The van der Waals surface area contributed by atoms with Crippen molar-refractivity contribution in [3.8, 4) is 11.3 Å². The van der Waals surface area contributed by atoms with Gasteiger partial charge in [-0.25, -0.2) is 0 Å². The highest BCUT2D eigenvalue weighted by atomic mass is 35.5. The van der Waals surface area contributed by atoms with Gasteiger partial charge in [0.25, 0.3) is 0 Å². The van der Waals surface area contributed by atoms with Crippen molar-refractivity contribution in [2.75, 3.05) is 0 Å². The van der Waals surface area contributed by atoms with E-state index in [2.05, 4.69) is 4.98 Å². The van der Waals surface area contributed by atoms with Gasteiger partial charge in [0, 0.05) is 0 Å². The molecule has 0 radical (unpaired) electrons. The number of nitrogens with one attached hydrogen (secondary N) is 1. The molecule has 2 aromatic rings. The summed E-state index contributed by atoms with van der Waals surface area (Å²) >= 11 is 5.75. The maximum Gasteiger partial charge on any atom is 0.431 e. The molecule has 0 saturated carbocycles. The molecule has 0 aliphatic heterocycles. The second-order valence-corrected chi connectivity index (χ2v) is 3.68. The first-order valence-corrected chi connectivity index (χ1v) is 4.87. The third-order valence-electron chi connectivity index (χ3n) is 2.14. The molecule has 0 amide bonds. The van der Waals surface area contributed by atoms with Gasteiger partial charge in [-0.15, -0.1) is 0 Å². The highest BCUT2D eigenvalue weighted by Crippen LogP contribution is 2.35. The molecule has 0 atom stereocenters. The van der Waals surface area contributed by atoms with E-state index in [0.717, 1.165) is 6.07 Å². The van der Waals surface area contributed by atoms with Crippen molar-refractivity contribution < 1.29 is 13.2 Å². The molecule has 1 N–H and O–H groups in total. The Labute approximate surface area is 94.9 Å². The average molecular weight is 246 g/mol. The fourth-order valence-electron chi connectivity index (χ4n) is 1.40. The summed E-state index contributed by atoms with van der Waals surface area (Å²) in [5, 5.41) is 0.0681. The van der Waals surface area contributed by atoms with E-state index in [1.165, 1.54) is 0 Å². The summed E-state index contributed by atoms with van der Waals surface area (Å²) in [6, 6.07) is 9.53. The SMILES string of the molecule is FC(F)(F)c1cc(Cl)c(-c2ccccc2)[nH]1. The summed E-state index contributed by atoms with van der Waals surface area (Å²) in [6.45, 7) is 0. The van der Waals surface area contributed by atoms with E-state index in [-0.39, 0.29) is 10.7 Å². The van der Waals surface area contributed by atoms with Crippen LogP contribution < -0.4 is 0 Å². The lowest BCUT2D eigenvalue weighted by atomic mass is 10.2. The Balaban J connectivity index is 2.48. The van der Waals surface area contributed by atoms with Crippen LogP contribution in [-0.4, -0.2) is 4.98 Å². The van der Waals surface area contributed by atoms with Crippen LogP contribution >= 0.6 is 11.6 Å². The molecule has 84 valence electrons. The normalized spacial score (nSPS) is 11.8. The molecule has 16 heavy (non-hydrogen) atoms. The quantitative estimate of drug-likeness (QED) is 0.769. The first kappa shape index (κ1) is 11.1. The predicted molar refractivity (Wildman–Crippen MR) is 56.2 cm³/mol. The smallest absolute Gasteiger partial charge is 0.350 e. The molecule has 0 saturated heterocycles. The Hall–Kier alpha value is -1.42. The van der Waals surface area contributed by atoms with Crippen LogP contribution in [0.15, 0.2) is 36.4 Å². The van der Waals surface area contributed by atoms with E-state index in [0.29, 0.717) is 5.56 Å². The van der Waals surface area contributed by atoms with E-state index in [4.69, 9.17) is 11.6 Å². The maximum absolute atomic E-state index is 12.4. The molecule has 0 aliphatic rings. The summed E-state index contributed by atoms with van der Waals surface area (Å²) in [4.78, 5) is 2.28. The van der Waals surface area contributed by atoms with Gasteiger partial charge < -0.3 is 4.98 Å². The number of aromatic nitrogens is 1. The number of hydrogen-bond acceptors (Lipinski definition) is 0. The first-order chi connectivity index (χ1) is 7.48. The van der Waals surface area contributed by atoms with E-state index in [1.54, 1.807) is 30.3 Å². The minimum atomic E-state index is -4.41. The molecule has 0 aliphatic carbocycles. The monoisotopic (exact) mass is 245 g/mol. The van der Waals surface area contributed by atoms with Crippen LogP contribution in [0.25, 0.3) is 11.3 Å². The Kier molecular flexibility index (Phi) is 2.68. The number of rotatable bonds is 1. The largest absolute Gasteiger partial charge is 0.431 e. The number of halogens is 4. The van der Waals surface area contributed by atoms with Gasteiger partial charge in [-0.1, -0.05) is 41.9 Å². The lowest BCUT2D eigenvalue weighted by molar-refractivity contribution is -0.140. The molecule has 1 aromatic carbocycles. The molecule has 1 aromatic heterocycles. The third kappa shape index (κ3) is 2.07. The molecule has 0 unspecified atom stereocenters. The Morgan fingerprint density at radius 3 is 2.19 bits per heavy atom. The number of aromatic amines is 1. The van der Waals surface area contributed by atoms with E-state index < -0.39 is 11.9 Å². The van der Waals surface area contributed by atoms with E-state index >= 15 is 0 Å². The second kappa shape index (κ2) is 3.87. The van der Waals surface area contributed by atoms with Crippen molar-refractivity contribution in [3.05, 3.63) is 47.1 Å². The second-order valence-electron chi connectivity index (χ2n) is 3.27. The molecule has 1 heterocycles. The van der Waals surface area contributed by atoms with Crippen LogP contribution in [-0.2, 0) is 6.18 Å². The standard InChI is InChI=1S/C11H7ClF3N/c12-8-6-9(11(13,14)15)16-10(8)7-4-2-1-3-5-7/h1-6,16H. The first-order valence-electron chi connectivity index (χ1n) is 4.49.